The molecule has 1 unspecified atom stereocenters. The number of amides is 1. The Kier molecular flexibility index (Phi) is 7.18. The van der Waals surface area contributed by atoms with Gasteiger partial charge in [-0.1, -0.05) is 0 Å². The lowest BCUT2D eigenvalue weighted by molar-refractivity contribution is -0.384. The summed E-state index contributed by atoms with van der Waals surface area (Å²) < 4.78 is 5.22. The Morgan fingerprint density at radius 3 is 2.15 bits per heavy atom. The zero-order valence-electron chi connectivity index (χ0n) is 19.6. The molecule has 0 saturated carbocycles. The minimum absolute atomic E-state index is 0.0911. The molecule has 2 aliphatic heterocycles. The van der Waals surface area contributed by atoms with Crippen LogP contribution in [0.15, 0.2) is 42.5 Å². The topological polar surface area (TPSA) is 103 Å². The molecule has 0 spiro atoms. The molecule has 1 atom stereocenters. The summed E-state index contributed by atoms with van der Waals surface area (Å²) in [5, 5.41) is 21.3. The number of hydrogen-bond donors (Lipinski definition) is 1. The number of ether oxygens (including phenoxy) is 1. The van der Waals surface area contributed by atoms with Crippen molar-refractivity contribution >= 4 is 23.0 Å². The van der Waals surface area contributed by atoms with Crippen LogP contribution in [0, 0.1) is 10.1 Å². The Balaban J connectivity index is 1.49. The van der Waals surface area contributed by atoms with Gasteiger partial charge in [-0.15, -0.1) is 0 Å². The molecular weight excluding hydrogens is 438 g/mol. The minimum atomic E-state index is -0.526. The first-order valence-electron chi connectivity index (χ1n) is 11.5. The normalized spacial score (nSPS) is 18.0. The van der Waals surface area contributed by atoms with E-state index in [1.54, 1.807) is 25.0 Å². The van der Waals surface area contributed by atoms with E-state index < -0.39 is 11.2 Å². The van der Waals surface area contributed by atoms with Crippen molar-refractivity contribution in [3.05, 3.63) is 58.1 Å². The van der Waals surface area contributed by atoms with Gasteiger partial charge in [-0.3, -0.25) is 19.8 Å². The molecule has 4 rings (SSSR count). The highest BCUT2D eigenvalue weighted by molar-refractivity contribution is 6.00. The molecule has 0 bridgehead atoms. The van der Waals surface area contributed by atoms with E-state index in [0.717, 1.165) is 11.4 Å². The molecular formula is C24H31N5O5. The van der Waals surface area contributed by atoms with E-state index in [1.165, 1.54) is 12.1 Å². The van der Waals surface area contributed by atoms with Crippen molar-refractivity contribution < 1.29 is 19.6 Å². The molecule has 2 heterocycles. The fourth-order valence-electron chi connectivity index (χ4n) is 4.55. The van der Waals surface area contributed by atoms with Crippen molar-refractivity contribution in [3.8, 4) is 5.75 Å². The van der Waals surface area contributed by atoms with E-state index >= 15 is 0 Å². The number of nitrogens with zero attached hydrogens (tertiary/aromatic N) is 5. The van der Waals surface area contributed by atoms with E-state index in [2.05, 4.69) is 9.80 Å². The second kappa shape index (κ2) is 10.3. The third-order valence-electron chi connectivity index (χ3n) is 6.61. The Morgan fingerprint density at radius 1 is 0.971 bits per heavy atom. The maximum Gasteiger partial charge on any atom is 0.270 e. The van der Waals surface area contributed by atoms with Crippen LogP contribution in [0.25, 0.3) is 0 Å². The second-order valence-electron chi connectivity index (χ2n) is 8.59. The summed E-state index contributed by atoms with van der Waals surface area (Å²) in [6.45, 7) is 6.73. The first-order chi connectivity index (χ1) is 16.4. The van der Waals surface area contributed by atoms with E-state index in [-0.39, 0.29) is 11.6 Å². The molecule has 182 valence electrons. The van der Waals surface area contributed by atoms with Crippen LogP contribution in [0.1, 0.15) is 17.3 Å². The molecule has 2 aromatic carbocycles. The number of hydrogen-bond acceptors (Lipinski definition) is 8. The smallest absolute Gasteiger partial charge is 0.270 e. The Labute approximate surface area is 199 Å². The molecule has 2 aliphatic rings. The van der Waals surface area contributed by atoms with Gasteiger partial charge in [0.15, 0.2) is 0 Å². The summed E-state index contributed by atoms with van der Waals surface area (Å²) in [6, 6.07) is 12.4. The van der Waals surface area contributed by atoms with Gasteiger partial charge in [-0.05, 0) is 37.3 Å². The predicted octanol–water partition coefficient (Wildman–Crippen LogP) is 2.03. The summed E-state index contributed by atoms with van der Waals surface area (Å²) in [5.41, 5.74) is 2.04. The molecule has 0 aromatic heterocycles. The number of nitro groups is 1. The van der Waals surface area contributed by atoms with Crippen LogP contribution in [-0.4, -0.2) is 91.4 Å². The van der Waals surface area contributed by atoms with Crippen molar-refractivity contribution in [2.75, 3.05) is 69.3 Å². The van der Waals surface area contributed by atoms with Crippen molar-refractivity contribution in [1.29, 1.82) is 0 Å². The van der Waals surface area contributed by atoms with Gasteiger partial charge in [0.2, 0.25) is 0 Å². The van der Waals surface area contributed by atoms with E-state index in [4.69, 9.17) is 4.74 Å². The maximum atomic E-state index is 13.5. The van der Waals surface area contributed by atoms with Crippen LogP contribution in [-0.2, 0) is 0 Å². The first-order valence-corrected chi connectivity index (χ1v) is 11.5. The van der Waals surface area contributed by atoms with Gasteiger partial charge in [-0.2, -0.15) is 0 Å². The summed E-state index contributed by atoms with van der Waals surface area (Å²) in [5.74, 6) is 0.607. The molecule has 1 amide bonds. The summed E-state index contributed by atoms with van der Waals surface area (Å²) in [6.07, 6.45) is -0.526. The Hall–Kier alpha value is -3.37. The predicted molar refractivity (Wildman–Crippen MR) is 130 cm³/mol. The zero-order chi connectivity index (χ0) is 24.2. The van der Waals surface area contributed by atoms with Crippen molar-refractivity contribution in [3.63, 3.8) is 0 Å². The van der Waals surface area contributed by atoms with Crippen molar-refractivity contribution in [1.82, 2.24) is 9.80 Å². The van der Waals surface area contributed by atoms with Crippen molar-refractivity contribution in [2.45, 2.75) is 13.2 Å². The molecule has 2 fully saturated rings. The molecule has 0 aliphatic carbocycles. The van der Waals surface area contributed by atoms with Crippen LogP contribution in [0.2, 0.25) is 0 Å². The lowest BCUT2D eigenvalue weighted by atomic mass is 10.1. The number of methoxy groups -OCH3 is 1. The third-order valence-corrected chi connectivity index (χ3v) is 6.61. The first kappa shape index (κ1) is 23.8. The van der Waals surface area contributed by atoms with Gasteiger partial charge in [-0.25, -0.2) is 0 Å². The Bertz CT molecular complexity index is 1010. The number of nitro benzene ring substituents is 1. The summed E-state index contributed by atoms with van der Waals surface area (Å²) in [7, 11) is 1.63. The maximum absolute atomic E-state index is 13.5. The van der Waals surface area contributed by atoms with Gasteiger partial charge < -0.3 is 24.5 Å². The average Bonchev–Trinajstić information content (AvgIpc) is 2.88. The second-order valence-corrected chi connectivity index (χ2v) is 8.59. The average molecular weight is 470 g/mol. The number of carbonyl (C=O) groups is 1. The molecule has 1 N–H and O–H groups in total. The summed E-state index contributed by atoms with van der Waals surface area (Å²) in [4.78, 5) is 32.5. The lowest BCUT2D eigenvalue weighted by Gasteiger charge is -2.39. The van der Waals surface area contributed by atoms with Crippen molar-refractivity contribution in [2.24, 2.45) is 0 Å². The van der Waals surface area contributed by atoms with E-state index in [0.29, 0.717) is 63.6 Å². The number of carbonyl (C=O) groups excluding carboxylic acids is 1. The fraction of sp³-hybridized carbons (Fsp3) is 0.458. The van der Waals surface area contributed by atoms with Crippen LogP contribution >= 0.6 is 0 Å². The SMILES string of the molecule is COc1ccc(N2CCN(C(=O)c3cc([N+](=O)[O-])ccc3N3CCN(C(C)O)CC3)CC2)cc1. The van der Waals surface area contributed by atoms with Crippen LogP contribution in [0.3, 0.4) is 0 Å². The van der Waals surface area contributed by atoms with Gasteiger partial charge in [0.1, 0.15) is 12.0 Å². The third kappa shape index (κ3) is 5.07. The monoisotopic (exact) mass is 469 g/mol. The number of aliphatic hydroxyl groups excluding tert-OH is 1. The fourth-order valence-corrected chi connectivity index (χ4v) is 4.55. The number of anilines is 2. The molecule has 10 nitrogen and oxygen atoms in total. The van der Waals surface area contributed by atoms with Crippen LogP contribution < -0.4 is 14.5 Å². The largest absolute Gasteiger partial charge is 0.497 e. The highest BCUT2D eigenvalue weighted by atomic mass is 16.6. The summed E-state index contributed by atoms with van der Waals surface area (Å²) >= 11 is 0. The molecule has 0 radical (unpaired) electrons. The molecule has 10 heteroatoms. The van der Waals surface area contributed by atoms with E-state index in [1.807, 2.05) is 29.2 Å². The van der Waals surface area contributed by atoms with Gasteiger partial charge >= 0.3 is 0 Å². The van der Waals surface area contributed by atoms with Crippen LogP contribution in [0.5, 0.6) is 5.75 Å². The quantitative estimate of drug-likeness (QED) is 0.507. The lowest BCUT2D eigenvalue weighted by Crippen LogP contribution is -2.51. The number of benzene rings is 2. The van der Waals surface area contributed by atoms with Gasteiger partial charge in [0.25, 0.3) is 11.6 Å². The zero-order valence-corrected chi connectivity index (χ0v) is 19.6. The standard InChI is InChI=1S/C24H31N5O5/c1-18(30)25-9-13-27(14-10-25)23-8-5-20(29(32)33)17-22(23)24(31)28-15-11-26(12-16-28)19-3-6-21(34-2)7-4-19/h3-8,17-18,30H,9-16H2,1-2H3. The Morgan fingerprint density at radius 2 is 1.59 bits per heavy atom. The highest BCUT2D eigenvalue weighted by Crippen LogP contribution is 2.29. The minimum Gasteiger partial charge on any atom is -0.497 e. The number of piperazine rings is 2. The van der Waals surface area contributed by atoms with E-state index in [9.17, 15) is 20.0 Å². The molecule has 34 heavy (non-hydrogen) atoms. The molecule has 2 aromatic rings. The van der Waals surface area contributed by atoms with Gasteiger partial charge in [0.05, 0.1) is 23.3 Å². The van der Waals surface area contributed by atoms with Gasteiger partial charge in [0, 0.05) is 70.2 Å². The molecule has 2 saturated heterocycles. The number of aliphatic hydroxyl groups is 1. The number of non-ortho nitro benzene ring substituents is 1. The van der Waals surface area contributed by atoms with Crippen LogP contribution in [0.4, 0.5) is 17.1 Å². The number of rotatable bonds is 6. The highest BCUT2D eigenvalue weighted by Gasteiger charge is 2.29.